The van der Waals surface area contributed by atoms with Crippen LogP contribution in [0.2, 0.25) is 0 Å². The lowest BCUT2D eigenvalue weighted by Crippen LogP contribution is -2.37. The van der Waals surface area contributed by atoms with Gasteiger partial charge >= 0.3 is 5.25 Å². The Bertz CT molecular complexity index is 530. The zero-order valence-electron chi connectivity index (χ0n) is 11.8. The van der Waals surface area contributed by atoms with E-state index in [1.807, 2.05) is 0 Å². The quantitative estimate of drug-likeness (QED) is 0.750. The maximum atomic E-state index is 13.9. The number of hydrogen-bond acceptors (Lipinski definition) is 2. The van der Waals surface area contributed by atoms with Gasteiger partial charge in [0.1, 0.15) is 0 Å². The lowest BCUT2D eigenvalue weighted by Gasteiger charge is -2.39. The Kier molecular flexibility index (Phi) is 2.67. The van der Waals surface area contributed by atoms with Crippen molar-refractivity contribution in [2.45, 2.75) is 43.8 Å². The second-order valence-electron chi connectivity index (χ2n) is 7.76. The molecule has 0 aromatic carbocycles. The predicted molar refractivity (Wildman–Crippen MR) is 71.9 cm³/mol. The van der Waals surface area contributed by atoms with Gasteiger partial charge in [0.2, 0.25) is 9.84 Å². The van der Waals surface area contributed by atoms with Gasteiger partial charge in [-0.15, -0.1) is 0 Å². The standard InChI is InChI=1S/C15H22F2O2S/c1-20(18,19)15(16,17)7-11-5-10-6-12(11)14-9-3-2-8(4-9)13(10)14/h8-14H,2-7H2,1H3. The predicted octanol–water partition coefficient (Wildman–Crippen LogP) is 3.33. The molecule has 4 saturated carbocycles. The first-order valence-electron chi connectivity index (χ1n) is 7.85. The average Bonchev–Trinajstić information content (AvgIpc) is 3.04. The van der Waals surface area contributed by atoms with E-state index in [0.29, 0.717) is 24.0 Å². The highest BCUT2D eigenvalue weighted by Crippen LogP contribution is 2.69. The molecule has 0 heterocycles. The summed E-state index contributed by atoms with van der Waals surface area (Å²) in [5.41, 5.74) is 0. The zero-order chi connectivity index (χ0) is 14.3. The van der Waals surface area contributed by atoms with Crippen molar-refractivity contribution >= 4 is 9.84 Å². The average molecular weight is 304 g/mol. The second-order valence-corrected chi connectivity index (χ2v) is 9.90. The highest BCUT2D eigenvalue weighted by Gasteiger charge is 2.63. The smallest absolute Gasteiger partial charge is 0.223 e. The Hall–Kier alpha value is -0.190. The third-order valence-corrected chi connectivity index (χ3v) is 8.17. The number of rotatable bonds is 3. The van der Waals surface area contributed by atoms with E-state index in [4.69, 9.17) is 0 Å². The van der Waals surface area contributed by atoms with Crippen LogP contribution in [0.4, 0.5) is 8.78 Å². The van der Waals surface area contributed by atoms with Crippen molar-refractivity contribution in [2.75, 3.05) is 6.26 Å². The molecular weight excluding hydrogens is 282 g/mol. The molecule has 20 heavy (non-hydrogen) atoms. The molecule has 114 valence electrons. The molecular formula is C15H22F2O2S. The summed E-state index contributed by atoms with van der Waals surface area (Å²) in [6.45, 7) is 0. The lowest BCUT2D eigenvalue weighted by atomic mass is 9.67. The molecule has 0 saturated heterocycles. The van der Waals surface area contributed by atoms with Crippen LogP contribution in [-0.2, 0) is 9.84 Å². The maximum Gasteiger partial charge on any atom is 0.345 e. The summed E-state index contributed by atoms with van der Waals surface area (Å²) in [5.74, 6) is 3.99. The Morgan fingerprint density at radius 1 is 1.00 bits per heavy atom. The molecule has 2 nitrogen and oxygen atoms in total. The molecule has 5 heteroatoms. The molecule has 4 bridgehead atoms. The fraction of sp³-hybridized carbons (Fsp3) is 1.00. The highest BCUT2D eigenvalue weighted by atomic mass is 32.2. The van der Waals surface area contributed by atoms with Crippen molar-refractivity contribution < 1.29 is 17.2 Å². The first kappa shape index (κ1) is 13.5. The molecule has 7 atom stereocenters. The topological polar surface area (TPSA) is 34.1 Å². The molecule has 0 aromatic heterocycles. The van der Waals surface area contributed by atoms with Crippen molar-refractivity contribution in [3.8, 4) is 0 Å². The zero-order valence-corrected chi connectivity index (χ0v) is 12.6. The van der Waals surface area contributed by atoms with Crippen molar-refractivity contribution in [3.63, 3.8) is 0 Å². The normalized spacial score (nSPS) is 49.9. The van der Waals surface area contributed by atoms with E-state index >= 15 is 0 Å². The molecule has 0 N–H and O–H groups in total. The van der Waals surface area contributed by atoms with Crippen LogP contribution in [0.1, 0.15) is 38.5 Å². The lowest BCUT2D eigenvalue weighted by molar-refractivity contribution is 0.0248. The molecule has 4 aliphatic rings. The van der Waals surface area contributed by atoms with Crippen LogP contribution in [0.15, 0.2) is 0 Å². The summed E-state index contributed by atoms with van der Waals surface area (Å²) in [4.78, 5) is 0. The number of halogens is 2. The first-order chi connectivity index (χ1) is 9.28. The second kappa shape index (κ2) is 3.96. The van der Waals surface area contributed by atoms with E-state index in [2.05, 4.69) is 0 Å². The van der Waals surface area contributed by atoms with Gasteiger partial charge in [0, 0.05) is 12.7 Å². The van der Waals surface area contributed by atoms with Gasteiger partial charge in [0.15, 0.2) is 0 Å². The monoisotopic (exact) mass is 304 g/mol. The van der Waals surface area contributed by atoms with E-state index in [1.165, 1.54) is 19.3 Å². The van der Waals surface area contributed by atoms with E-state index in [9.17, 15) is 17.2 Å². The number of alkyl halides is 2. The molecule has 0 amide bonds. The molecule has 4 aliphatic carbocycles. The third-order valence-electron chi connectivity index (χ3n) is 6.91. The summed E-state index contributed by atoms with van der Waals surface area (Å²) in [5, 5.41) is -3.53. The minimum Gasteiger partial charge on any atom is -0.223 e. The molecule has 0 aromatic rings. The van der Waals surface area contributed by atoms with Gasteiger partial charge in [-0.2, -0.15) is 8.78 Å². The van der Waals surface area contributed by atoms with Gasteiger partial charge in [-0.3, -0.25) is 0 Å². The molecule has 0 aliphatic heterocycles. The number of hydrogen-bond donors (Lipinski definition) is 0. The largest absolute Gasteiger partial charge is 0.345 e. The molecule has 4 fully saturated rings. The summed E-state index contributed by atoms with van der Waals surface area (Å²) in [7, 11) is -4.27. The fourth-order valence-electron chi connectivity index (χ4n) is 6.39. The third kappa shape index (κ3) is 1.68. The summed E-state index contributed by atoms with van der Waals surface area (Å²) in [6.07, 6.45) is 6.11. The summed E-state index contributed by atoms with van der Waals surface area (Å²) >= 11 is 0. The SMILES string of the molecule is CS(=O)(=O)C(F)(F)CC1CC2CC1C1C3CCC(C3)C21. The van der Waals surface area contributed by atoms with Crippen LogP contribution in [0.5, 0.6) is 0 Å². The van der Waals surface area contributed by atoms with E-state index in [-0.39, 0.29) is 5.92 Å². The fourth-order valence-corrected chi connectivity index (χ4v) is 6.91. The van der Waals surface area contributed by atoms with Crippen molar-refractivity contribution in [1.82, 2.24) is 0 Å². The van der Waals surface area contributed by atoms with Crippen LogP contribution < -0.4 is 0 Å². The van der Waals surface area contributed by atoms with Gasteiger partial charge in [0.05, 0.1) is 0 Å². The van der Waals surface area contributed by atoms with Crippen LogP contribution in [0, 0.1) is 41.4 Å². The molecule has 4 rings (SSSR count). The number of fused-ring (bicyclic) bond motifs is 9. The minimum atomic E-state index is -4.27. The number of sulfone groups is 1. The van der Waals surface area contributed by atoms with Crippen LogP contribution in [-0.4, -0.2) is 19.9 Å². The van der Waals surface area contributed by atoms with Crippen LogP contribution in [0.25, 0.3) is 0 Å². The van der Waals surface area contributed by atoms with Gasteiger partial charge in [-0.25, -0.2) is 8.42 Å². The van der Waals surface area contributed by atoms with E-state index < -0.39 is 21.5 Å². The summed E-state index contributed by atoms with van der Waals surface area (Å²) in [6, 6.07) is 0. The molecule has 0 radical (unpaired) electrons. The van der Waals surface area contributed by atoms with Crippen molar-refractivity contribution in [1.29, 1.82) is 0 Å². The summed E-state index contributed by atoms with van der Waals surface area (Å²) < 4.78 is 50.2. The first-order valence-corrected chi connectivity index (χ1v) is 9.74. The highest BCUT2D eigenvalue weighted by molar-refractivity contribution is 7.91. The van der Waals surface area contributed by atoms with E-state index in [1.54, 1.807) is 0 Å². The van der Waals surface area contributed by atoms with Crippen LogP contribution in [0.3, 0.4) is 0 Å². The Morgan fingerprint density at radius 3 is 2.30 bits per heavy atom. The van der Waals surface area contributed by atoms with Crippen LogP contribution >= 0.6 is 0 Å². The van der Waals surface area contributed by atoms with E-state index in [0.717, 1.165) is 30.6 Å². The van der Waals surface area contributed by atoms with Gasteiger partial charge < -0.3 is 0 Å². The van der Waals surface area contributed by atoms with Crippen molar-refractivity contribution in [2.24, 2.45) is 41.4 Å². The van der Waals surface area contributed by atoms with Gasteiger partial charge in [-0.1, -0.05) is 0 Å². The van der Waals surface area contributed by atoms with Gasteiger partial charge in [-0.05, 0) is 73.5 Å². The van der Waals surface area contributed by atoms with Crippen molar-refractivity contribution in [3.05, 3.63) is 0 Å². The Balaban J connectivity index is 1.54. The molecule has 7 unspecified atom stereocenters. The Morgan fingerprint density at radius 2 is 1.65 bits per heavy atom. The van der Waals surface area contributed by atoms with Gasteiger partial charge in [0.25, 0.3) is 0 Å². The Labute approximate surface area is 119 Å². The molecule has 0 spiro atoms. The maximum absolute atomic E-state index is 13.9. The minimum absolute atomic E-state index is 0.0645.